The van der Waals surface area contributed by atoms with E-state index in [1.54, 1.807) is 5.56 Å². The number of aromatic amines is 1. The molecule has 2 aliphatic heterocycles. The third kappa shape index (κ3) is 1.57. The first-order valence-electron chi connectivity index (χ1n) is 8.36. The SMILES string of the molecule is C1=CCC2(C1)CCCN1CCc3c([nH]c4ccccc34)[C@H]12. The first-order chi connectivity index (χ1) is 10.4. The molecule has 108 valence electrons. The first kappa shape index (κ1) is 12.0. The maximum absolute atomic E-state index is 3.80. The van der Waals surface area contributed by atoms with Crippen LogP contribution in [0.2, 0.25) is 0 Å². The average Bonchev–Trinajstić information content (AvgIpc) is 3.12. The van der Waals surface area contributed by atoms with Gasteiger partial charge in [0.1, 0.15) is 0 Å². The third-order valence-corrected chi connectivity index (χ3v) is 6.05. The molecule has 21 heavy (non-hydrogen) atoms. The van der Waals surface area contributed by atoms with Crippen molar-refractivity contribution in [3.05, 3.63) is 47.7 Å². The van der Waals surface area contributed by atoms with Crippen LogP contribution in [0.15, 0.2) is 36.4 Å². The quantitative estimate of drug-likeness (QED) is 0.716. The van der Waals surface area contributed by atoms with Crippen molar-refractivity contribution in [3.63, 3.8) is 0 Å². The van der Waals surface area contributed by atoms with E-state index in [-0.39, 0.29) is 0 Å². The molecule has 1 spiro atoms. The monoisotopic (exact) mass is 278 g/mol. The molecular formula is C19H22N2. The summed E-state index contributed by atoms with van der Waals surface area (Å²) in [5.41, 5.74) is 4.93. The Hall–Kier alpha value is -1.54. The number of piperidine rings is 1. The largest absolute Gasteiger partial charge is 0.357 e. The number of H-pyrrole nitrogens is 1. The molecule has 1 aliphatic carbocycles. The van der Waals surface area contributed by atoms with Crippen LogP contribution in [0.3, 0.4) is 0 Å². The highest BCUT2D eigenvalue weighted by Gasteiger charge is 2.48. The maximum Gasteiger partial charge on any atom is 0.0564 e. The minimum absolute atomic E-state index is 0.467. The summed E-state index contributed by atoms with van der Waals surface area (Å²) in [5, 5.41) is 1.46. The van der Waals surface area contributed by atoms with Crippen molar-refractivity contribution in [2.45, 2.75) is 38.1 Å². The number of aromatic nitrogens is 1. The zero-order valence-corrected chi connectivity index (χ0v) is 12.4. The Morgan fingerprint density at radius 2 is 1.95 bits per heavy atom. The lowest BCUT2D eigenvalue weighted by atomic mass is 9.68. The highest BCUT2D eigenvalue weighted by Crippen LogP contribution is 2.55. The molecule has 1 fully saturated rings. The van der Waals surface area contributed by atoms with Crippen LogP contribution < -0.4 is 0 Å². The summed E-state index contributed by atoms with van der Waals surface area (Å²) in [7, 11) is 0. The number of hydrogen-bond donors (Lipinski definition) is 1. The number of fused-ring (bicyclic) bond motifs is 6. The molecule has 1 aromatic heterocycles. The highest BCUT2D eigenvalue weighted by molar-refractivity contribution is 5.85. The van der Waals surface area contributed by atoms with Crippen LogP contribution in [0.25, 0.3) is 10.9 Å². The molecule has 0 radical (unpaired) electrons. The van der Waals surface area contributed by atoms with Crippen molar-refractivity contribution >= 4 is 10.9 Å². The van der Waals surface area contributed by atoms with E-state index >= 15 is 0 Å². The number of hydrogen-bond acceptors (Lipinski definition) is 1. The molecular weight excluding hydrogens is 256 g/mol. The highest BCUT2D eigenvalue weighted by atomic mass is 15.2. The molecule has 1 aromatic carbocycles. The van der Waals surface area contributed by atoms with E-state index in [1.807, 2.05) is 0 Å². The summed E-state index contributed by atoms with van der Waals surface area (Å²) in [5.74, 6) is 0. The van der Waals surface area contributed by atoms with Gasteiger partial charge in [0, 0.05) is 23.1 Å². The Kier molecular flexibility index (Phi) is 2.43. The van der Waals surface area contributed by atoms with Crippen LogP contribution in [0, 0.1) is 5.41 Å². The smallest absolute Gasteiger partial charge is 0.0564 e. The van der Waals surface area contributed by atoms with Gasteiger partial charge in [0.05, 0.1) is 6.04 Å². The summed E-state index contributed by atoms with van der Waals surface area (Å²) in [6, 6.07) is 9.47. The zero-order valence-electron chi connectivity index (χ0n) is 12.4. The average molecular weight is 278 g/mol. The molecule has 3 aliphatic rings. The molecule has 2 nitrogen and oxygen atoms in total. The van der Waals surface area contributed by atoms with Gasteiger partial charge in [-0.3, -0.25) is 4.90 Å². The van der Waals surface area contributed by atoms with Gasteiger partial charge in [0.15, 0.2) is 0 Å². The van der Waals surface area contributed by atoms with Crippen LogP contribution in [0.1, 0.15) is 43.0 Å². The summed E-state index contributed by atoms with van der Waals surface area (Å²) < 4.78 is 0. The van der Waals surface area contributed by atoms with Gasteiger partial charge < -0.3 is 4.98 Å². The van der Waals surface area contributed by atoms with E-state index in [0.717, 1.165) is 0 Å². The fourth-order valence-electron chi connectivity index (χ4n) is 5.14. The molecule has 3 heterocycles. The minimum atomic E-state index is 0.467. The van der Waals surface area contributed by atoms with Gasteiger partial charge in [-0.2, -0.15) is 0 Å². The van der Waals surface area contributed by atoms with Crippen molar-refractivity contribution in [1.29, 1.82) is 0 Å². The van der Waals surface area contributed by atoms with Crippen molar-refractivity contribution in [2.75, 3.05) is 13.1 Å². The molecule has 0 amide bonds. The molecule has 0 bridgehead atoms. The molecule has 5 rings (SSSR count). The van der Waals surface area contributed by atoms with Gasteiger partial charge in [0.25, 0.3) is 0 Å². The molecule has 1 N–H and O–H groups in total. The Labute approximate surface area is 125 Å². The van der Waals surface area contributed by atoms with Crippen LogP contribution in [0.5, 0.6) is 0 Å². The Morgan fingerprint density at radius 3 is 2.86 bits per heavy atom. The van der Waals surface area contributed by atoms with Gasteiger partial charge in [-0.05, 0) is 55.7 Å². The van der Waals surface area contributed by atoms with Gasteiger partial charge in [0.2, 0.25) is 0 Å². The standard InChI is InChI=1S/C19H22N2/c1-2-7-16-14(6-1)15-8-13-21-12-5-11-19(9-3-4-10-19)18(21)17(15)20-16/h1-4,6-7,18,20H,5,8-13H2/t18-/m0/s1. The lowest BCUT2D eigenvalue weighted by Crippen LogP contribution is -2.48. The van der Waals surface area contributed by atoms with Crippen molar-refractivity contribution < 1.29 is 0 Å². The summed E-state index contributed by atoms with van der Waals surface area (Å²) in [6.45, 7) is 2.52. The number of allylic oxidation sites excluding steroid dienone is 2. The normalized spacial score (nSPS) is 27.1. The van der Waals surface area contributed by atoms with Crippen molar-refractivity contribution in [2.24, 2.45) is 5.41 Å². The Bertz CT molecular complexity index is 716. The van der Waals surface area contributed by atoms with Crippen LogP contribution in [-0.4, -0.2) is 23.0 Å². The molecule has 0 saturated carbocycles. The number of para-hydroxylation sites is 1. The minimum Gasteiger partial charge on any atom is -0.357 e. The second-order valence-electron chi connectivity index (χ2n) is 7.10. The van der Waals surface area contributed by atoms with Crippen LogP contribution in [0.4, 0.5) is 0 Å². The van der Waals surface area contributed by atoms with E-state index in [0.29, 0.717) is 11.5 Å². The van der Waals surface area contributed by atoms with Crippen LogP contribution in [-0.2, 0) is 6.42 Å². The summed E-state index contributed by atoms with van der Waals surface area (Å²) in [4.78, 5) is 6.56. The number of nitrogens with zero attached hydrogens (tertiary/aromatic N) is 1. The van der Waals surface area contributed by atoms with Crippen molar-refractivity contribution in [1.82, 2.24) is 9.88 Å². The lowest BCUT2D eigenvalue weighted by molar-refractivity contribution is 0.0102. The van der Waals surface area contributed by atoms with E-state index in [4.69, 9.17) is 0 Å². The summed E-state index contributed by atoms with van der Waals surface area (Å²) in [6.07, 6.45) is 11.3. The second kappa shape index (κ2) is 4.23. The summed E-state index contributed by atoms with van der Waals surface area (Å²) >= 11 is 0. The number of rotatable bonds is 0. The topological polar surface area (TPSA) is 19.0 Å². The fraction of sp³-hybridized carbons (Fsp3) is 0.474. The Morgan fingerprint density at radius 1 is 1.10 bits per heavy atom. The van der Waals surface area contributed by atoms with Crippen molar-refractivity contribution in [3.8, 4) is 0 Å². The molecule has 2 heteroatoms. The zero-order chi connectivity index (χ0) is 13.9. The van der Waals surface area contributed by atoms with Crippen LogP contribution >= 0.6 is 0 Å². The number of benzene rings is 1. The molecule has 1 saturated heterocycles. The maximum atomic E-state index is 3.80. The first-order valence-corrected chi connectivity index (χ1v) is 8.36. The van der Waals surface area contributed by atoms with Gasteiger partial charge >= 0.3 is 0 Å². The molecule has 1 atom stereocenters. The van der Waals surface area contributed by atoms with E-state index in [9.17, 15) is 0 Å². The number of nitrogens with one attached hydrogen (secondary N) is 1. The lowest BCUT2D eigenvalue weighted by Gasteiger charge is -2.50. The van der Waals surface area contributed by atoms with E-state index in [2.05, 4.69) is 46.3 Å². The second-order valence-corrected chi connectivity index (χ2v) is 7.10. The van der Waals surface area contributed by atoms with Gasteiger partial charge in [-0.15, -0.1) is 0 Å². The fourth-order valence-corrected chi connectivity index (χ4v) is 5.14. The van der Waals surface area contributed by atoms with E-state index < -0.39 is 0 Å². The van der Waals surface area contributed by atoms with Gasteiger partial charge in [-0.25, -0.2) is 0 Å². The molecule has 2 aromatic rings. The Balaban J connectivity index is 1.71. The van der Waals surface area contributed by atoms with Gasteiger partial charge in [-0.1, -0.05) is 30.4 Å². The predicted octanol–water partition coefficient (Wildman–Crippen LogP) is 4.20. The van der Waals surface area contributed by atoms with E-state index in [1.165, 1.54) is 61.8 Å². The third-order valence-electron chi connectivity index (χ3n) is 6.05. The predicted molar refractivity (Wildman–Crippen MR) is 86.4 cm³/mol. The molecule has 0 unspecified atom stereocenters.